The number of hydrogen-bond donors (Lipinski definition) is 0. The largest absolute Gasteiger partial charge is 0.0628 e. The molecule has 0 heterocycles. The predicted molar refractivity (Wildman–Crippen MR) is 118 cm³/mol. The van der Waals surface area contributed by atoms with Gasteiger partial charge in [-0.3, -0.25) is 0 Å². The summed E-state index contributed by atoms with van der Waals surface area (Å²) in [6, 6.07) is 5.18. The first kappa shape index (κ1) is 19.5. The van der Waals surface area contributed by atoms with Crippen LogP contribution in [0.2, 0.25) is 0 Å². The summed E-state index contributed by atoms with van der Waals surface area (Å²) >= 11 is 0. The summed E-state index contributed by atoms with van der Waals surface area (Å²) in [6.45, 7) is 12.4. The zero-order chi connectivity index (χ0) is 19.2. The van der Waals surface area contributed by atoms with Crippen LogP contribution in [0.25, 0.3) is 0 Å². The van der Waals surface area contributed by atoms with Gasteiger partial charge in [0, 0.05) is 0 Å². The molecule has 3 aliphatic carbocycles. The average molecular weight is 367 g/mol. The maximum atomic E-state index is 2.60. The summed E-state index contributed by atoms with van der Waals surface area (Å²) in [5.41, 5.74) is 7.96. The molecule has 0 N–H and O–H groups in total. The van der Waals surface area contributed by atoms with Crippen LogP contribution < -0.4 is 0 Å². The maximum absolute atomic E-state index is 2.60. The van der Waals surface area contributed by atoms with Crippen LogP contribution in [0.5, 0.6) is 0 Å². The lowest BCUT2D eigenvalue weighted by Gasteiger charge is -2.47. The molecule has 0 radical (unpaired) electrons. The molecule has 3 aliphatic rings. The molecule has 0 aromatic heterocycles. The van der Waals surface area contributed by atoms with E-state index in [9.17, 15) is 0 Å². The van der Waals surface area contributed by atoms with E-state index in [1.165, 1.54) is 70.6 Å². The monoisotopic (exact) mass is 366 g/mol. The van der Waals surface area contributed by atoms with Crippen LogP contribution in [0.4, 0.5) is 0 Å². The Balaban J connectivity index is 1.62. The molecule has 0 nitrogen and oxygen atoms in total. The van der Waals surface area contributed by atoms with Crippen LogP contribution in [0, 0.1) is 17.8 Å². The fourth-order valence-corrected chi connectivity index (χ4v) is 7.06. The zero-order valence-corrected chi connectivity index (χ0v) is 18.7. The van der Waals surface area contributed by atoms with Crippen molar-refractivity contribution in [2.24, 2.45) is 17.8 Å². The van der Waals surface area contributed by atoms with Gasteiger partial charge in [-0.15, -0.1) is 0 Å². The highest BCUT2D eigenvalue weighted by molar-refractivity contribution is 5.52. The Morgan fingerprint density at radius 3 is 2.41 bits per heavy atom. The van der Waals surface area contributed by atoms with Crippen LogP contribution >= 0.6 is 0 Å². The summed E-state index contributed by atoms with van der Waals surface area (Å²) < 4.78 is 0. The number of hydrogen-bond acceptors (Lipinski definition) is 0. The average Bonchev–Trinajstić information content (AvgIpc) is 2.99. The van der Waals surface area contributed by atoms with Crippen molar-refractivity contribution < 1.29 is 0 Å². The second kappa shape index (κ2) is 7.23. The Bertz CT molecular complexity index is 684. The van der Waals surface area contributed by atoms with Crippen molar-refractivity contribution in [1.82, 2.24) is 0 Å². The molecule has 4 rings (SSSR count). The molecular weight excluding hydrogens is 324 g/mol. The maximum Gasteiger partial charge on any atom is -0.00437 e. The van der Waals surface area contributed by atoms with Gasteiger partial charge in [0.25, 0.3) is 0 Å². The molecule has 0 saturated heterocycles. The molecule has 0 spiro atoms. The topological polar surface area (TPSA) is 0 Å². The van der Waals surface area contributed by atoms with Gasteiger partial charge in [0.2, 0.25) is 0 Å². The quantitative estimate of drug-likeness (QED) is 0.499. The number of rotatable bonds is 5. The first-order valence-electron chi connectivity index (χ1n) is 12.0. The van der Waals surface area contributed by atoms with Crippen molar-refractivity contribution in [2.45, 2.75) is 116 Å². The molecule has 0 aliphatic heterocycles. The van der Waals surface area contributed by atoms with Crippen LogP contribution in [0.15, 0.2) is 12.1 Å². The highest BCUT2D eigenvalue weighted by Gasteiger charge is 2.45. The zero-order valence-electron chi connectivity index (χ0n) is 18.7. The molecule has 4 atom stereocenters. The Labute approximate surface area is 168 Å². The minimum absolute atomic E-state index is 0.408. The lowest BCUT2D eigenvalue weighted by molar-refractivity contribution is 0.177. The third-order valence-electron chi connectivity index (χ3n) is 9.20. The Kier molecular flexibility index (Phi) is 5.23. The van der Waals surface area contributed by atoms with E-state index >= 15 is 0 Å². The lowest BCUT2D eigenvalue weighted by Crippen LogP contribution is -2.40. The molecule has 1 aromatic rings. The highest BCUT2D eigenvalue weighted by Crippen LogP contribution is 2.54. The van der Waals surface area contributed by atoms with E-state index in [0.29, 0.717) is 10.8 Å². The van der Waals surface area contributed by atoms with Crippen molar-refractivity contribution >= 4 is 0 Å². The molecule has 1 aromatic carbocycles. The van der Waals surface area contributed by atoms with Crippen LogP contribution in [0.3, 0.4) is 0 Å². The fourth-order valence-electron chi connectivity index (χ4n) is 7.06. The second-order valence-electron chi connectivity index (χ2n) is 11.2. The van der Waals surface area contributed by atoms with E-state index in [1.54, 1.807) is 22.3 Å². The molecule has 150 valence electrons. The minimum atomic E-state index is 0.408. The molecule has 0 bridgehead atoms. The number of fused-ring (bicyclic) bond motifs is 5. The smallest absolute Gasteiger partial charge is 0.00437 e. The van der Waals surface area contributed by atoms with Gasteiger partial charge >= 0.3 is 0 Å². The van der Waals surface area contributed by atoms with Crippen molar-refractivity contribution in [1.29, 1.82) is 0 Å². The van der Waals surface area contributed by atoms with Gasteiger partial charge in [0.05, 0.1) is 0 Å². The van der Waals surface area contributed by atoms with E-state index in [4.69, 9.17) is 0 Å². The normalized spacial score (nSPS) is 33.5. The first-order valence-corrected chi connectivity index (χ1v) is 12.0. The van der Waals surface area contributed by atoms with Gasteiger partial charge in [0.15, 0.2) is 0 Å². The third kappa shape index (κ3) is 3.20. The molecule has 1 saturated carbocycles. The van der Waals surface area contributed by atoms with Gasteiger partial charge < -0.3 is 0 Å². The summed E-state index contributed by atoms with van der Waals surface area (Å²) in [7, 11) is 0. The highest BCUT2D eigenvalue weighted by atomic mass is 14.5. The van der Waals surface area contributed by atoms with Gasteiger partial charge in [-0.2, -0.15) is 0 Å². The third-order valence-corrected chi connectivity index (χ3v) is 9.20. The minimum Gasteiger partial charge on any atom is -0.0628 e. The van der Waals surface area contributed by atoms with E-state index in [-0.39, 0.29) is 0 Å². The van der Waals surface area contributed by atoms with E-state index in [2.05, 4.69) is 46.8 Å². The molecule has 27 heavy (non-hydrogen) atoms. The van der Waals surface area contributed by atoms with Crippen molar-refractivity contribution in [3.05, 3.63) is 34.4 Å². The van der Waals surface area contributed by atoms with Crippen LogP contribution in [0.1, 0.15) is 115 Å². The standard InChI is InChI=1S/C27H42/c1-19(2)9-8-10-20(3)26(4)18-16-23-22-13-12-21-11-6-7-17-27(21,5)25(22)15-14-24(23)26/h14-15,19-21H,6-13,16-18H2,1-5H3/t20-,21+,26+,27+/m1/s1. The summed E-state index contributed by atoms with van der Waals surface area (Å²) in [6.07, 6.45) is 15.5. The van der Waals surface area contributed by atoms with E-state index in [1.807, 2.05) is 0 Å². The Morgan fingerprint density at radius 1 is 0.889 bits per heavy atom. The summed E-state index contributed by atoms with van der Waals surface area (Å²) in [5, 5.41) is 0. The first-order chi connectivity index (χ1) is 12.9. The summed E-state index contributed by atoms with van der Waals surface area (Å²) in [5.74, 6) is 2.59. The van der Waals surface area contributed by atoms with E-state index in [0.717, 1.165) is 17.8 Å². The fraction of sp³-hybridized carbons (Fsp3) is 0.778. The van der Waals surface area contributed by atoms with Gasteiger partial charge in [-0.05, 0) is 95.8 Å². The van der Waals surface area contributed by atoms with Crippen LogP contribution in [-0.2, 0) is 23.7 Å². The second-order valence-corrected chi connectivity index (χ2v) is 11.2. The number of benzene rings is 1. The molecule has 0 heteroatoms. The van der Waals surface area contributed by atoms with Crippen molar-refractivity contribution in [3.8, 4) is 0 Å². The van der Waals surface area contributed by atoms with Gasteiger partial charge in [-0.1, -0.05) is 72.4 Å². The Morgan fingerprint density at radius 2 is 1.63 bits per heavy atom. The predicted octanol–water partition coefficient (Wildman–Crippen LogP) is 7.75. The molecule has 0 amide bonds. The molecular formula is C27H42. The molecule has 1 fully saturated rings. The SMILES string of the molecule is CC(C)CCC[C@@H](C)[C@]1(C)CCc2c1ccc1c2CC[C@@H]2CCCC[C@]12C. The molecule has 0 unspecified atom stereocenters. The van der Waals surface area contributed by atoms with Crippen molar-refractivity contribution in [3.63, 3.8) is 0 Å². The van der Waals surface area contributed by atoms with Crippen molar-refractivity contribution in [2.75, 3.05) is 0 Å². The summed E-state index contributed by atoms with van der Waals surface area (Å²) in [4.78, 5) is 0. The van der Waals surface area contributed by atoms with Gasteiger partial charge in [-0.25, -0.2) is 0 Å². The van der Waals surface area contributed by atoms with Gasteiger partial charge in [0.1, 0.15) is 0 Å². The lowest BCUT2D eigenvalue weighted by atomic mass is 9.57. The Hall–Kier alpha value is -0.780. The van der Waals surface area contributed by atoms with E-state index < -0.39 is 0 Å². The van der Waals surface area contributed by atoms with Crippen LogP contribution in [-0.4, -0.2) is 0 Å².